The van der Waals surface area contributed by atoms with Crippen molar-refractivity contribution in [3.8, 4) is 16.9 Å². The summed E-state index contributed by atoms with van der Waals surface area (Å²) < 4.78 is 9.13. The minimum absolute atomic E-state index is 0.115. The van der Waals surface area contributed by atoms with E-state index in [0.29, 0.717) is 52.3 Å². The number of halogens is 1. The van der Waals surface area contributed by atoms with Crippen LogP contribution in [0.25, 0.3) is 32.9 Å². The minimum Gasteiger partial charge on any atom is -0.492 e. The van der Waals surface area contributed by atoms with Gasteiger partial charge in [0.05, 0.1) is 17.2 Å². The van der Waals surface area contributed by atoms with Crippen molar-refractivity contribution in [2.24, 2.45) is 24.8 Å². The fraction of sp³-hybridized carbons (Fsp3) is 0.226. The highest BCUT2D eigenvalue weighted by Gasteiger charge is 2.23. The van der Waals surface area contributed by atoms with Crippen molar-refractivity contribution in [3.05, 3.63) is 98.7 Å². The molecule has 214 valence electrons. The molecule has 9 nitrogen and oxygen atoms in total. The smallest absolute Gasteiger partial charge is 0.332 e. The van der Waals surface area contributed by atoms with Crippen LogP contribution in [0.4, 0.5) is 5.82 Å². The first-order chi connectivity index (χ1) is 20.3. The molecule has 5 aromatic rings. The van der Waals surface area contributed by atoms with E-state index in [4.69, 9.17) is 27.1 Å². The molecule has 0 spiro atoms. The Morgan fingerprint density at radius 1 is 1.05 bits per heavy atom. The van der Waals surface area contributed by atoms with E-state index in [1.54, 1.807) is 7.05 Å². The van der Waals surface area contributed by atoms with Gasteiger partial charge >= 0.3 is 5.69 Å². The van der Waals surface area contributed by atoms with Crippen LogP contribution in [-0.2, 0) is 27.2 Å². The molecule has 3 aromatic carbocycles. The predicted octanol–water partition coefficient (Wildman–Crippen LogP) is 4.61. The Bertz CT molecular complexity index is 1990. The molecule has 0 aliphatic carbocycles. The van der Waals surface area contributed by atoms with E-state index in [1.807, 2.05) is 36.4 Å². The first-order valence-electron chi connectivity index (χ1n) is 13.5. The van der Waals surface area contributed by atoms with Crippen LogP contribution in [0.15, 0.2) is 81.3 Å². The van der Waals surface area contributed by atoms with Gasteiger partial charge < -0.3 is 15.8 Å². The lowest BCUT2D eigenvalue weighted by Crippen LogP contribution is -2.38. The Morgan fingerprint density at radius 3 is 2.62 bits per heavy atom. The number of hydrogen-bond donors (Lipinski definition) is 2. The van der Waals surface area contributed by atoms with Crippen LogP contribution in [0.3, 0.4) is 0 Å². The zero-order valence-corrected chi connectivity index (χ0v) is 24.7. The number of aliphatic imine (C=N–C) groups is 1. The minimum atomic E-state index is -0.459. The van der Waals surface area contributed by atoms with E-state index in [1.165, 1.54) is 23.4 Å². The normalized spacial score (nSPS) is 14.9. The quantitative estimate of drug-likeness (QED) is 0.267. The number of hydrogen-bond acceptors (Lipinski definition) is 8. The van der Waals surface area contributed by atoms with Crippen LogP contribution in [0.5, 0.6) is 5.75 Å². The van der Waals surface area contributed by atoms with Crippen LogP contribution >= 0.6 is 23.4 Å². The van der Waals surface area contributed by atoms with E-state index in [2.05, 4.69) is 40.6 Å². The van der Waals surface area contributed by atoms with Crippen molar-refractivity contribution in [1.82, 2.24) is 14.1 Å². The molecule has 6 rings (SSSR count). The summed E-state index contributed by atoms with van der Waals surface area (Å²) in [7, 11) is 3.08. The van der Waals surface area contributed by atoms with Gasteiger partial charge in [0.15, 0.2) is 10.2 Å². The van der Waals surface area contributed by atoms with Crippen molar-refractivity contribution >= 4 is 55.5 Å². The third-order valence-corrected chi connectivity index (χ3v) is 8.74. The van der Waals surface area contributed by atoms with Crippen LogP contribution in [0.1, 0.15) is 11.1 Å². The number of aryl methyl sites for hydroxylation is 1. The summed E-state index contributed by atoms with van der Waals surface area (Å²) >= 11 is 7.50. The largest absolute Gasteiger partial charge is 0.492 e. The van der Waals surface area contributed by atoms with Crippen molar-refractivity contribution in [1.29, 1.82) is 0 Å². The van der Waals surface area contributed by atoms with Gasteiger partial charge in [0.2, 0.25) is 0 Å². The van der Waals surface area contributed by atoms with Crippen LogP contribution in [-0.4, -0.2) is 37.0 Å². The Labute approximate surface area is 251 Å². The maximum Gasteiger partial charge on any atom is 0.332 e. The third-order valence-electron chi connectivity index (χ3n) is 7.41. The second-order valence-corrected chi connectivity index (χ2v) is 12.0. The van der Waals surface area contributed by atoms with Crippen molar-refractivity contribution < 1.29 is 4.74 Å². The van der Waals surface area contributed by atoms with Gasteiger partial charge in [-0.05, 0) is 40.1 Å². The van der Waals surface area contributed by atoms with Gasteiger partial charge in [-0.25, -0.2) is 9.78 Å². The number of fused-ring (bicyclic) bond motifs is 2. The van der Waals surface area contributed by atoms with Crippen molar-refractivity contribution in [2.45, 2.75) is 18.3 Å². The lowest BCUT2D eigenvalue weighted by molar-refractivity contribution is 0.320. The lowest BCUT2D eigenvalue weighted by Gasteiger charge is -2.19. The highest BCUT2D eigenvalue weighted by atomic mass is 35.5. The highest BCUT2D eigenvalue weighted by molar-refractivity contribution is 8.17. The predicted molar refractivity (Wildman–Crippen MR) is 172 cm³/mol. The molecule has 0 saturated heterocycles. The molecule has 1 aliphatic rings. The van der Waals surface area contributed by atoms with E-state index in [-0.39, 0.29) is 17.4 Å². The molecule has 0 bridgehead atoms. The van der Waals surface area contributed by atoms with Gasteiger partial charge in [-0.15, -0.1) is 0 Å². The number of anilines is 1. The summed E-state index contributed by atoms with van der Waals surface area (Å²) in [6.45, 7) is 1.63. The number of ether oxygens (including phenoxy) is 1. The van der Waals surface area contributed by atoms with Gasteiger partial charge in [-0.2, -0.15) is 0 Å². The molecule has 0 fully saturated rings. The average Bonchev–Trinajstić information content (AvgIpc) is 3.44. The van der Waals surface area contributed by atoms with Gasteiger partial charge in [0, 0.05) is 38.3 Å². The van der Waals surface area contributed by atoms with Crippen molar-refractivity contribution in [3.63, 3.8) is 0 Å². The lowest BCUT2D eigenvalue weighted by atomic mass is 9.96. The SMILES string of the molecule is Cn1c(=O)c2c(-c3cccc(OCC4CN=C(Cl)S4)c3)c(CN)c(NCc3ccc4ccccc4c3)nc2n(C)c1=O. The summed E-state index contributed by atoms with van der Waals surface area (Å²) in [5.74, 6) is 1.15. The second kappa shape index (κ2) is 11.6. The number of nitrogens with zero attached hydrogens (tertiary/aromatic N) is 4. The van der Waals surface area contributed by atoms with Gasteiger partial charge in [-0.1, -0.05) is 71.9 Å². The molecular formula is C31H29ClN6O3S. The van der Waals surface area contributed by atoms with E-state index >= 15 is 0 Å². The molecule has 1 aliphatic heterocycles. The Morgan fingerprint density at radius 2 is 1.86 bits per heavy atom. The Hall–Kier alpha value is -4.12. The van der Waals surface area contributed by atoms with Crippen molar-refractivity contribution in [2.75, 3.05) is 18.5 Å². The highest BCUT2D eigenvalue weighted by Crippen LogP contribution is 2.35. The molecule has 3 N–H and O–H groups in total. The van der Waals surface area contributed by atoms with E-state index < -0.39 is 11.2 Å². The maximum absolute atomic E-state index is 13.6. The number of benzene rings is 3. The molecule has 1 unspecified atom stereocenters. The third kappa shape index (κ3) is 5.29. The summed E-state index contributed by atoms with van der Waals surface area (Å²) in [4.78, 5) is 35.5. The zero-order valence-electron chi connectivity index (χ0n) is 23.1. The molecule has 0 amide bonds. The molecule has 11 heteroatoms. The Balaban J connectivity index is 1.45. The van der Waals surface area contributed by atoms with Crippen LogP contribution < -0.4 is 27.0 Å². The number of rotatable bonds is 8. The van der Waals surface area contributed by atoms with Gasteiger partial charge in [0.1, 0.15) is 18.2 Å². The van der Waals surface area contributed by atoms with Crippen LogP contribution in [0, 0.1) is 0 Å². The molecule has 3 heterocycles. The van der Waals surface area contributed by atoms with Gasteiger partial charge in [0.25, 0.3) is 5.56 Å². The molecule has 1 atom stereocenters. The Kier molecular flexibility index (Phi) is 7.76. The maximum atomic E-state index is 13.6. The first-order valence-corrected chi connectivity index (χ1v) is 14.7. The first kappa shape index (κ1) is 28.0. The topological polar surface area (TPSA) is 117 Å². The average molecular weight is 601 g/mol. The summed E-state index contributed by atoms with van der Waals surface area (Å²) in [6, 6.07) is 22.0. The number of aromatic nitrogens is 3. The van der Waals surface area contributed by atoms with Crippen LogP contribution in [0.2, 0.25) is 0 Å². The number of nitrogens with one attached hydrogen (secondary N) is 1. The summed E-state index contributed by atoms with van der Waals surface area (Å²) in [6.07, 6.45) is 0. The number of nitrogens with two attached hydrogens (primary N) is 1. The second-order valence-electron chi connectivity index (χ2n) is 10.1. The van der Waals surface area contributed by atoms with E-state index in [0.717, 1.165) is 26.5 Å². The molecule has 0 radical (unpaired) electrons. The molecule has 0 saturated carbocycles. The molecule has 2 aromatic heterocycles. The van der Waals surface area contributed by atoms with E-state index in [9.17, 15) is 9.59 Å². The molecular weight excluding hydrogens is 572 g/mol. The summed E-state index contributed by atoms with van der Waals surface area (Å²) in [5, 5.41) is 6.18. The zero-order chi connectivity index (χ0) is 29.4. The fourth-order valence-corrected chi connectivity index (χ4v) is 6.38. The number of thioether (sulfide) groups is 1. The standard InChI is InChI=1S/C31H29ClN6O3S/c1-37-28-26(29(39)38(2)31(37)40)25(21-8-5-9-22(13-21)41-17-23-16-35-30(32)42-23)24(14-33)27(36-28)34-15-18-10-11-19-6-3-4-7-20(19)12-18/h3-13,23H,14-17,33H2,1-2H3,(H,34,36). The molecule has 42 heavy (non-hydrogen) atoms. The number of pyridine rings is 1. The summed E-state index contributed by atoms with van der Waals surface area (Å²) in [5.41, 5.74) is 8.81. The fourth-order valence-electron chi connectivity index (χ4n) is 5.23. The van der Waals surface area contributed by atoms with Gasteiger partial charge in [-0.3, -0.25) is 18.9 Å². The monoisotopic (exact) mass is 600 g/mol.